The standard InChI is InChI=1S/C22H19N3O2.ClH/c1-23(2)10-11-24-21(26)17-9-5-8-16-18-12-14-6-3-4-7-15(14)13-19(18)25(20(16)17)22(24)27;/h3-9,12-13H,10-11H2,1-2H3;1H. The summed E-state index contributed by atoms with van der Waals surface area (Å²) in [7, 11) is 3.87. The maximum Gasteiger partial charge on any atom is 0.336 e. The molecule has 5 nitrogen and oxygen atoms in total. The van der Waals surface area contributed by atoms with Gasteiger partial charge in [-0.2, -0.15) is 0 Å². The number of halogens is 1. The van der Waals surface area contributed by atoms with Gasteiger partial charge < -0.3 is 4.90 Å². The van der Waals surface area contributed by atoms with Crippen molar-refractivity contribution in [1.82, 2.24) is 13.9 Å². The van der Waals surface area contributed by atoms with E-state index in [1.165, 1.54) is 4.57 Å². The van der Waals surface area contributed by atoms with E-state index in [1.807, 2.05) is 61.5 Å². The number of nitrogens with zero attached hydrogens (tertiary/aromatic N) is 3. The van der Waals surface area contributed by atoms with E-state index >= 15 is 0 Å². The van der Waals surface area contributed by atoms with E-state index in [2.05, 4.69) is 12.1 Å². The lowest BCUT2D eigenvalue weighted by molar-refractivity contribution is 0.376. The van der Waals surface area contributed by atoms with Crippen LogP contribution >= 0.6 is 12.4 Å². The van der Waals surface area contributed by atoms with Crippen LogP contribution in [0.1, 0.15) is 0 Å². The third-order valence-corrected chi connectivity index (χ3v) is 5.32. The van der Waals surface area contributed by atoms with Crippen LogP contribution in [0.2, 0.25) is 0 Å². The molecule has 0 radical (unpaired) electrons. The van der Waals surface area contributed by atoms with Crippen LogP contribution in [0.25, 0.3) is 38.0 Å². The summed E-state index contributed by atoms with van der Waals surface area (Å²) in [5.41, 5.74) is 1.09. The van der Waals surface area contributed by atoms with Crippen LogP contribution in [0.3, 0.4) is 0 Å². The van der Waals surface area contributed by atoms with Crippen molar-refractivity contribution < 1.29 is 0 Å². The molecule has 2 aromatic heterocycles. The average molecular weight is 394 g/mol. The first-order valence-corrected chi connectivity index (χ1v) is 9.03. The molecule has 0 aliphatic rings. The van der Waals surface area contributed by atoms with Crippen molar-refractivity contribution in [2.24, 2.45) is 0 Å². The second-order valence-electron chi connectivity index (χ2n) is 7.30. The van der Waals surface area contributed by atoms with Gasteiger partial charge in [0.2, 0.25) is 0 Å². The van der Waals surface area contributed by atoms with Crippen molar-refractivity contribution in [1.29, 1.82) is 0 Å². The Morgan fingerprint density at radius 1 is 0.857 bits per heavy atom. The fourth-order valence-corrected chi connectivity index (χ4v) is 3.97. The van der Waals surface area contributed by atoms with Crippen LogP contribution in [0.5, 0.6) is 0 Å². The van der Waals surface area contributed by atoms with Crippen LogP contribution < -0.4 is 11.2 Å². The topological polar surface area (TPSA) is 46.7 Å². The number of rotatable bonds is 3. The molecule has 0 aliphatic carbocycles. The summed E-state index contributed by atoms with van der Waals surface area (Å²) in [5.74, 6) is 0. The highest BCUT2D eigenvalue weighted by atomic mass is 35.5. The SMILES string of the molecule is CN(C)CCn1c(=O)c2cccc3c4cc5ccccc5cc4n(c1=O)c23.Cl. The van der Waals surface area contributed by atoms with Crippen molar-refractivity contribution in [3.8, 4) is 0 Å². The zero-order valence-corrected chi connectivity index (χ0v) is 16.5. The number of aromatic nitrogens is 2. The van der Waals surface area contributed by atoms with E-state index in [4.69, 9.17) is 0 Å². The van der Waals surface area contributed by atoms with Gasteiger partial charge in [0.1, 0.15) is 0 Å². The number of likely N-dealkylation sites (N-methyl/N-ethyl adjacent to an activating group) is 1. The second kappa shape index (κ2) is 6.62. The predicted octanol–water partition coefficient (Wildman–Crippen LogP) is 3.34. The molecule has 0 fully saturated rings. The lowest BCUT2D eigenvalue weighted by Gasteiger charge is -2.12. The number of benzene rings is 3. The van der Waals surface area contributed by atoms with E-state index in [0.29, 0.717) is 18.5 Å². The molecule has 0 amide bonds. The zero-order valence-electron chi connectivity index (χ0n) is 15.7. The first kappa shape index (κ1) is 18.5. The van der Waals surface area contributed by atoms with Gasteiger partial charge in [-0.25, -0.2) is 4.79 Å². The molecule has 0 bridgehead atoms. The van der Waals surface area contributed by atoms with Crippen molar-refractivity contribution in [3.63, 3.8) is 0 Å². The minimum Gasteiger partial charge on any atom is -0.308 e. The minimum atomic E-state index is -0.268. The van der Waals surface area contributed by atoms with Gasteiger partial charge >= 0.3 is 5.69 Å². The van der Waals surface area contributed by atoms with Gasteiger partial charge in [0.25, 0.3) is 5.56 Å². The van der Waals surface area contributed by atoms with Crippen LogP contribution in [0, 0.1) is 0 Å². The lowest BCUT2D eigenvalue weighted by atomic mass is 10.1. The zero-order chi connectivity index (χ0) is 18.7. The predicted molar refractivity (Wildman–Crippen MR) is 117 cm³/mol. The van der Waals surface area contributed by atoms with Crippen LogP contribution in [-0.2, 0) is 6.54 Å². The molecule has 6 heteroatoms. The molecule has 0 unspecified atom stereocenters. The molecule has 0 aliphatic heterocycles. The smallest absolute Gasteiger partial charge is 0.308 e. The largest absolute Gasteiger partial charge is 0.336 e. The highest BCUT2D eigenvalue weighted by Crippen LogP contribution is 2.32. The second-order valence-corrected chi connectivity index (χ2v) is 7.30. The van der Waals surface area contributed by atoms with Gasteiger partial charge in [0.15, 0.2) is 0 Å². The lowest BCUT2D eigenvalue weighted by Crippen LogP contribution is -2.39. The van der Waals surface area contributed by atoms with Crippen molar-refractivity contribution in [2.45, 2.75) is 6.54 Å². The average Bonchev–Trinajstić information content (AvgIpc) is 2.98. The highest BCUT2D eigenvalue weighted by molar-refractivity contribution is 6.16. The Bertz CT molecular complexity index is 1450. The van der Waals surface area contributed by atoms with E-state index in [1.54, 1.807) is 4.40 Å². The summed E-state index contributed by atoms with van der Waals surface area (Å²) >= 11 is 0. The van der Waals surface area contributed by atoms with Crippen LogP contribution in [-0.4, -0.2) is 34.5 Å². The molecule has 3 aromatic carbocycles. The molecule has 2 heterocycles. The van der Waals surface area contributed by atoms with Crippen molar-refractivity contribution in [2.75, 3.05) is 20.6 Å². The molecule has 0 saturated carbocycles. The summed E-state index contributed by atoms with van der Waals surface area (Å²) in [5, 5.41) is 4.74. The summed E-state index contributed by atoms with van der Waals surface area (Å²) in [4.78, 5) is 28.3. The Morgan fingerprint density at radius 2 is 1.54 bits per heavy atom. The molecule has 0 atom stereocenters. The van der Waals surface area contributed by atoms with Crippen LogP contribution in [0.15, 0.2) is 64.2 Å². The minimum absolute atomic E-state index is 0. The molecule has 0 N–H and O–H groups in total. The number of hydrogen-bond acceptors (Lipinski definition) is 3. The first-order valence-electron chi connectivity index (χ1n) is 9.03. The first-order chi connectivity index (χ1) is 13.1. The van der Waals surface area contributed by atoms with E-state index in [0.717, 1.165) is 32.6 Å². The molecule has 5 aromatic rings. The molecule has 0 saturated heterocycles. The normalized spacial score (nSPS) is 11.8. The summed E-state index contributed by atoms with van der Waals surface area (Å²) in [6.07, 6.45) is 0. The van der Waals surface area contributed by atoms with E-state index in [-0.39, 0.29) is 23.7 Å². The van der Waals surface area contributed by atoms with E-state index < -0.39 is 0 Å². The molecule has 0 spiro atoms. The Morgan fingerprint density at radius 3 is 2.25 bits per heavy atom. The maximum absolute atomic E-state index is 13.3. The quantitative estimate of drug-likeness (QED) is 0.472. The van der Waals surface area contributed by atoms with Gasteiger partial charge in [-0.3, -0.25) is 13.8 Å². The summed E-state index contributed by atoms with van der Waals surface area (Å²) in [6, 6.07) is 18.0. The molecule has 142 valence electrons. The van der Waals surface area contributed by atoms with Gasteiger partial charge in [0, 0.05) is 23.9 Å². The third-order valence-electron chi connectivity index (χ3n) is 5.32. The van der Waals surface area contributed by atoms with E-state index in [9.17, 15) is 9.59 Å². The molecule has 5 rings (SSSR count). The molecular weight excluding hydrogens is 374 g/mol. The van der Waals surface area contributed by atoms with Crippen molar-refractivity contribution >= 4 is 50.4 Å². The Hall–Kier alpha value is -2.89. The monoisotopic (exact) mass is 393 g/mol. The summed E-state index contributed by atoms with van der Waals surface area (Å²) < 4.78 is 3.07. The van der Waals surface area contributed by atoms with Gasteiger partial charge in [-0.05, 0) is 43.1 Å². The number of para-hydroxylation sites is 1. The fraction of sp³-hybridized carbons (Fsp3) is 0.182. The Kier molecular flexibility index (Phi) is 4.37. The fourth-order valence-electron chi connectivity index (χ4n) is 3.97. The van der Waals surface area contributed by atoms with Gasteiger partial charge in [0.05, 0.1) is 16.4 Å². The Labute approximate surface area is 167 Å². The number of fused-ring (bicyclic) bond motifs is 4. The summed E-state index contributed by atoms with van der Waals surface area (Å²) in [6.45, 7) is 0.999. The molecular formula is C22H20ClN3O2. The van der Waals surface area contributed by atoms with Crippen LogP contribution in [0.4, 0.5) is 0 Å². The maximum atomic E-state index is 13.3. The molecule has 28 heavy (non-hydrogen) atoms. The van der Waals surface area contributed by atoms with Gasteiger partial charge in [-0.15, -0.1) is 12.4 Å². The van der Waals surface area contributed by atoms with Crippen molar-refractivity contribution in [3.05, 3.63) is 75.4 Å². The Balaban J connectivity index is 0.00000192. The third kappa shape index (κ3) is 2.51. The highest BCUT2D eigenvalue weighted by Gasteiger charge is 2.18. The van der Waals surface area contributed by atoms with Gasteiger partial charge in [-0.1, -0.05) is 36.4 Å². The number of hydrogen-bond donors (Lipinski definition) is 0.